The number of benzene rings is 2. The molecule has 7 heteroatoms. The van der Waals surface area contributed by atoms with Crippen LogP contribution in [0.1, 0.15) is 34.8 Å². The Balaban J connectivity index is 1.39. The Hall–Kier alpha value is -2.96. The van der Waals surface area contributed by atoms with E-state index in [4.69, 9.17) is 16.6 Å². The van der Waals surface area contributed by atoms with Crippen LogP contribution in [0.5, 0.6) is 0 Å². The van der Waals surface area contributed by atoms with Crippen LogP contribution < -0.4 is 0 Å². The molecular weight excluding hydrogens is 452 g/mol. The summed E-state index contributed by atoms with van der Waals surface area (Å²) in [5.74, 6) is -0.00918. The van der Waals surface area contributed by atoms with E-state index >= 15 is 0 Å². The van der Waals surface area contributed by atoms with Gasteiger partial charge in [0.1, 0.15) is 0 Å². The molecule has 4 aromatic rings. The molecule has 0 radical (unpaired) electrons. The fraction of sp³-hybridized carbons (Fsp3) is 0.269. The molecule has 2 aromatic carbocycles. The van der Waals surface area contributed by atoms with E-state index in [2.05, 4.69) is 22.6 Å². The first-order chi connectivity index (χ1) is 16.1. The molecule has 5 nitrogen and oxygen atoms in total. The third kappa shape index (κ3) is 4.72. The fourth-order valence-electron chi connectivity index (χ4n) is 4.45. The molecule has 5 rings (SSSR count). The summed E-state index contributed by atoms with van der Waals surface area (Å²) in [6.45, 7) is 0.747. The van der Waals surface area contributed by atoms with Crippen molar-refractivity contribution in [3.05, 3.63) is 81.9 Å². The van der Waals surface area contributed by atoms with Crippen LogP contribution >= 0.6 is 22.9 Å². The Morgan fingerprint density at radius 1 is 1.09 bits per heavy atom. The van der Waals surface area contributed by atoms with Gasteiger partial charge in [-0.05, 0) is 37.0 Å². The van der Waals surface area contributed by atoms with Crippen LogP contribution in [-0.2, 0) is 13.5 Å². The van der Waals surface area contributed by atoms with Crippen molar-refractivity contribution in [2.75, 3.05) is 6.54 Å². The minimum atomic E-state index is -0.00918. The lowest BCUT2D eigenvalue weighted by Crippen LogP contribution is -2.45. The molecule has 0 N–H and O–H groups in total. The SMILES string of the molecule is Cn1cc(-c2ccc(Cl)cc2)c(C(=O)N2CCCCC2Cc2nc(-c3ccccc3)cs2)n1. The second kappa shape index (κ2) is 9.49. The number of nitrogens with zero attached hydrogens (tertiary/aromatic N) is 4. The summed E-state index contributed by atoms with van der Waals surface area (Å²) in [5.41, 5.74) is 4.40. The summed E-state index contributed by atoms with van der Waals surface area (Å²) in [6.07, 6.45) is 5.79. The average Bonchev–Trinajstić information content (AvgIpc) is 3.47. The number of aryl methyl sites for hydroxylation is 1. The number of rotatable bonds is 5. The van der Waals surface area contributed by atoms with E-state index in [9.17, 15) is 4.79 Å². The summed E-state index contributed by atoms with van der Waals surface area (Å²) in [5, 5.41) is 8.40. The molecule has 1 atom stereocenters. The maximum Gasteiger partial charge on any atom is 0.275 e. The number of thiazole rings is 1. The molecule has 0 bridgehead atoms. The van der Waals surface area contributed by atoms with Gasteiger partial charge in [0.15, 0.2) is 5.69 Å². The van der Waals surface area contributed by atoms with Crippen molar-refractivity contribution in [2.45, 2.75) is 31.7 Å². The van der Waals surface area contributed by atoms with Gasteiger partial charge < -0.3 is 4.90 Å². The first-order valence-electron chi connectivity index (χ1n) is 11.2. The fourth-order valence-corrected chi connectivity index (χ4v) is 5.45. The smallest absolute Gasteiger partial charge is 0.275 e. The Bertz CT molecular complexity index is 1250. The molecule has 1 aliphatic rings. The zero-order chi connectivity index (χ0) is 22.8. The standard InChI is InChI=1S/C26H25ClN4OS/c1-30-16-22(18-10-12-20(27)13-11-18)25(29-30)26(32)31-14-6-5-9-21(31)15-24-28-23(17-33-24)19-7-3-2-4-8-19/h2-4,7-8,10-13,16-17,21H,5-6,9,14-15H2,1H3. The van der Waals surface area contributed by atoms with Crippen molar-refractivity contribution in [1.82, 2.24) is 19.7 Å². The van der Waals surface area contributed by atoms with E-state index in [0.717, 1.165) is 59.6 Å². The largest absolute Gasteiger partial charge is 0.334 e. The van der Waals surface area contributed by atoms with Crippen LogP contribution in [0, 0.1) is 0 Å². The monoisotopic (exact) mass is 476 g/mol. The van der Waals surface area contributed by atoms with Crippen molar-refractivity contribution in [1.29, 1.82) is 0 Å². The van der Waals surface area contributed by atoms with E-state index in [1.54, 1.807) is 16.0 Å². The van der Waals surface area contributed by atoms with E-state index in [-0.39, 0.29) is 11.9 Å². The topological polar surface area (TPSA) is 51.0 Å². The third-order valence-corrected chi connectivity index (χ3v) is 7.23. The van der Waals surface area contributed by atoms with Crippen molar-refractivity contribution in [3.8, 4) is 22.4 Å². The number of likely N-dealkylation sites (tertiary alicyclic amines) is 1. The number of amides is 1. The van der Waals surface area contributed by atoms with Gasteiger partial charge in [-0.25, -0.2) is 4.98 Å². The zero-order valence-electron chi connectivity index (χ0n) is 18.4. The number of carbonyl (C=O) groups excluding carboxylic acids is 1. The quantitative estimate of drug-likeness (QED) is 0.349. The van der Waals surface area contributed by atoms with Gasteiger partial charge in [0.05, 0.1) is 10.7 Å². The third-order valence-electron chi connectivity index (χ3n) is 6.11. The van der Waals surface area contributed by atoms with Crippen molar-refractivity contribution < 1.29 is 4.79 Å². The van der Waals surface area contributed by atoms with Gasteiger partial charge in [0.2, 0.25) is 0 Å². The molecular formula is C26H25ClN4OS. The van der Waals surface area contributed by atoms with Crippen LogP contribution in [0.15, 0.2) is 66.2 Å². The number of aromatic nitrogens is 3. The Morgan fingerprint density at radius 2 is 1.88 bits per heavy atom. The second-order valence-electron chi connectivity index (χ2n) is 8.42. The van der Waals surface area contributed by atoms with Gasteiger partial charge in [0, 0.05) is 53.8 Å². The number of hydrogen-bond donors (Lipinski definition) is 0. The van der Waals surface area contributed by atoms with E-state index in [0.29, 0.717) is 10.7 Å². The highest BCUT2D eigenvalue weighted by Crippen LogP contribution is 2.30. The molecule has 1 unspecified atom stereocenters. The molecule has 168 valence electrons. The van der Waals surface area contributed by atoms with Crippen molar-refractivity contribution >= 4 is 28.8 Å². The molecule has 0 spiro atoms. The summed E-state index contributed by atoms with van der Waals surface area (Å²) in [7, 11) is 1.85. The van der Waals surface area contributed by atoms with Crippen LogP contribution in [0.2, 0.25) is 5.02 Å². The molecule has 1 aliphatic heterocycles. The highest BCUT2D eigenvalue weighted by molar-refractivity contribution is 7.09. The molecule has 1 fully saturated rings. The average molecular weight is 477 g/mol. The van der Waals surface area contributed by atoms with Gasteiger partial charge >= 0.3 is 0 Å². The molecule has 1 saturated heterocycles. The van der Waals surface area contributed by atoms with Crippen molar-refractivity contribution in [3.63, 3.8) is 0 Å². The summed E-state index contributed by atoms with van der Waals surface area (Å²) in [4.78, 5) is 20.6. The minimum Gasteiger partial charge on any atom is -0.334 e. The lowest BCUT2D eigenvalue weighted by molar-refractivity contribution is 0.0607. The maximum absolute atomic E-state index is 13.7. The van der Waals surface area contributed by atoms with Crippen LogP contribution in [0.25, 0.3) is 22.4 Å². The number of piperidine rings is 1. The maximum atomic E-state index is 13.7. The van der Waals surface area contributed by atoms with E-state index in [1.165, 1.54) is 0 Å². The number of hydrogen-bond acceptors (Lipinski definition) is 4. The van der Waals surface area contributed by atoms with Gasteiger partial charge in [-0.15, -0.1) is 11.3 Å². The molecule has 0 aliphatic carbocycles. The zero-order valence-corrected chi connectivity index (χ0v) is 20.0. The predicted octanol–water partition coefficient (Wildman–Crippen LogP) is 6.10. The first kappa shape index (κ1) is 21.9. The van der Waals surface area contributed by atoms with Gasteiger partial charge in [-0.3, -0.25) is 9.48 Å². The molecule has 1 amide bonds. The molecule has 0 saturated carbocycles. The van der Waals surface area contributed by atoms with E-state index < -0.39 is 0 Å². The highest BCUT2D eigenvalue weighted by Gasteiger charge is 2.31. The molecule has 2 aromatic heterocycles. The van der Waals surface area contributed by atoms with Crippen LogP contribution in [0.4, 0.5) is 0 Å². The summed E-state index contributed by atoms with van der Waals surface area (Å²) < 4.78 is 1.71. The molecule has 33 heavy (non-hydrogen) atoms. The second-order valence-corrected chi connectivity index (χ2v) is 9.80. The van der Waals surface area contributed by atoms with Crippen molar-refractivity contribution in [2.24, 2.45) is 7.05 Å². The van der Waals surface area contributed by atoms with Gasteiger partial charge in [-0.2, -0.15) is 5.10 Å². The van der Waals surface area contributed by atoms with Crippen LogP contribution in [0.3, 0.4) is 0 Å². The van der Waals surface area contributed by atoms with Gasteiger partial charge in [-0.1, -0.05) is 54.1 Å². The van der Waals surface area contributed by atoms with Crippen LogP contribution in [-0.4, -0.2) is 38.2 Å². The minimum absolute atomic E-state index is 0.00918. The Labute approximate surface area is 202 Å². The number of halogens is 1. The lowest BCUT2D eigenvalue weighted by atomic mass is 9.98. The molecule has 3 heterocycles. The van der Waals surface area contributed by atoms with E-state index in [1.807, 2.05) is 60.6 Å². The predicted molar refractivity (Wildman–Crippen MR) is 134 cm³/mol. The summed E-state index contributed by atoms with van der Waals surface area (Å²) in [6, 6.07) is 17.9. The normalized spacial score (nSPS) is 16.2. The van der Waals surface area contributed by atoms with Gasteiger partial charge in [0.25, 0.3) is 5.91 Å². The summed E-state index contributed by atoms with van der Waals surface area (Å²) >= 11 is 7.74. The highest BCUT2D eigenvalue weighted by atomic mass is 35.5. The Kier molecular flexibility index (Phi) is 6.29. The first-order valence-corrected chi connectivity index (χ1v) is 12.4. The lowest BCUT2D eigenvalue weighted by Gasteiger charge is -2.35. The Morgan fingerprint density at radius 3 is 2.67 bits per heavy atom. The number of carbonyl (C=O) groups is 1.